The lowest BCUT2D eigenvalue weighted by Crippen LogP contribution is -2.39. The first-order chi connectivity index (χ1) is 6.34. The molecule has 0 atom stereocenters. The van der Waals surface area contributed by atoms with E-state index in [2.05, 4.69) is 16.8 Å². The van der Waals surface area contributed by atoms with Gasteiger partial charge in [0.15, 0.2) is 5.96 Å². The maximum Gasteiger partial charge on any atom is 0.191 e. The zero-order valence-electron chi connectivity index (χ0n) is 8.03. The molecule has 0 aromatic rings. The molecule has 5 heteroatoms. The zero-order chi connectivity index (χ0) is 9.52. The average molecular weight is 219 g/mol. The van der Waals surface area contributed by atoms with Crippen molar-refractivity contribution in [3.8, 4) is 0 Å². The van der Waals surface area contributed by atoms with E-state index in [-0.39, 0.29) is 0 Å². The Bertz CT molecular complexity index is 165. The standard InChI is InChI=1S/C8H17N3S2/c1-2-3-10-8(9)11-4-6-12-13-7-5-11/h2-7H2,1H3,(H2,9,10). The molecule has 0 radical (unpaired) electrons. The Morgan fingerprint density at radius 2 is 2.00 bits per heavy atom. The van der Waals surface area contributed by atoms with Gasteiger partial charge in [-0.3, -0.25) is 4.99 Å². The van der Waals surface area contributed by atoms with Crippen LogP contribution in [0.1, 0.15) is 13.3 Å². The highest BCUT2D eigenvalue weighted by Gasteiger charge is 2.10. The number of nitrogens with two attached hydrogens (primary N) is 1. The molecule has 0 bridgehead atoms. The van der Waals surface area contributed by atoms with Crippen molar-refractivity contribution in [1.29, 1.82) is 0 Å². The van der Waals surface area contributed by atoms with Gasteiger partial charge in [-0.2, -0.15) is 0 Å². The van der Waals surface area contributed by atoms with Gasteiger partial charge >= 0.3 is 0 Å². The fourth-order valence-electron chi connectivity index (χ4n) is 1.08. The molecule has 1 aliphatic heterocycles. The highest BCUT2D eigenvalue weighted by atomic mass is 33.1. The highest BCUT2D eigenvalue weighted by molar-refractivity contribution is 8.76. The van der Waals surface area contributed by atoms with Gasteiger partial charge in [0.05, 0.1) is 0 Å². The van der Waals surface area contributed by atoms with Crippen molar-refractivity contribution < 1.29 is 0 Å². The summed E-state index contributed by atoms with van der Waals surface area (Å²) >= 11 is 0. The summed E-state index contributed by atoms with van der Waals surface area (Å²) in [5.74, 6) is 3.02. The van der Waals surface area contributed by atoms with Crippen LogP contribution in [0.15, 0.2) is 4.99 Å². The molecule has 1 fully saturated rings. The van der Waals surface area contributed by atoms with Gasteiger partial charge in [-0.1, -0.05) is 28.5 Å². The van der Waals surface area contributed by atoms with E-state index in [9.17, 15) is 0 Å². The predicted molar refractivity (Wildman–Crippen MR) is 63.3 cm³/mol. The summed E-state index contributed by atoms with van der Waals surface area (Å²) in [7, 11) is 3.85. The number of nitrogens with zero attached hydrogens (tertiary/aromatic N) is 2. The van der Waals surface area contributed by atoms with Crippen molar-refractivity contribution in [3.05, 3.63) is 0 Å². The SMILES string of the molecule is CCCN=C(N)N1CCSSCC1. The second kappa shape index (κ2) is 6.43. The third-order valence-electron chi connectivity index (χ3n) is 1.79. The van der Waals surface area contributed by atoms with E-state index in [1.54, 1.807) is 0 Å². The summed E-state index contributed by atoms with van der Waals surface area (Å²) in [4.78, 5) is 6.49. The summed E-state index contributed by atoms with van der Waals surface area (Å²) < 4.78 is 0. The third-order valence-corrected chi connectivity index (χ3v) is 4.16. The Balaban J connectivity index is 2.38. The van der Waals surface area contributed by atoms with Crippen molar-refractivity contribution in [2.75, 3.05) is 31.1 Å². The molecule has 1 rings (SSSR count). The number of aliphatic imine (C=N–C) groups is 1. The van der Waals surface area contributed by atoms with Crippen LogP contribution in [0.4, 0.5) is 0 Å². The van der Waals surface area contributed by atoms with Gasteiger partial charge in [-0.05, 0) is 6.42 Å². The van der Waals surface area contributed by atoms with Crippen LogP contribution in [-0.4, -0.2) is 42.0 Å². The molecule has 0 aliphatic carbocycles. The first-order valence-electron chi connectivity index (χ1n) is 4.64. The van der Waals surface area contributed by atoms with Crippen LogP contribution in [0.2, 0.25) is 0 Å². The van der Waals surface area contributed by atoms with E-state index < -0.39 is 0 Å². The van der Waals surface area contributed by atoms with E-state index in [0.29, 0.717) is 0 Å². The molecular weight excluding hydrogens is 202 g/mol. The Morgan fingerprint density at radius 3 is 2.54 bits per heavy atom. The molecule has 0 amide bonds. The van der Waals surface area contributed by atoms with Crippen molar-refractivity contribution in [1.82, 2.24) is 4.90 Å². The molecule has 76 valence electrons. The van der Waals surface area contributed by atoms with Crippen LogP contribution in [0.3, 0.4) is 0 Å². The van der Waals surface area contributed by atoms with Crippen LogP contribution in [0, 0.1) is 0 Å². The molecule has 0 saturated carbocycles. The number of hydrogen-bond donors (Lipinski definition) is 1. The van der Waals surface area contributed by atoms with Crippen molar-refractivity contribution >= 4 is 27.5 Å². The summed E-state index contributed by atoms with van der Waals surface area (Å²) in [6.07, 6.45) is 1.07. The zero-order valence-corrected chi connectivity index (χ0v) is 9.66. The van der Waals surface area contributed by atoms with E-state index in [0.717, 1.165) is 43.5 Å². The molecule has 0 spiro atoms. The van der Waals surface area contributed by atoms with Crippen LogP contribution >= 0.6 is 21.6 Å². The van der Waals surface area contributed by atoms with Crippen molar-refractivity contribution in [3.63, 3.8) is 0 Å². The molecule has 0 unspecified atom stereocenters. The molecule has 3 nitrogen and oxygen atoms in total. The smallest absolute Gasteiger partial charge is 0.191 e. The van der Waals surface area contributed by atoms with Crippen LogP contribution < -0.4 is 5.73 Å². The third kappa shape index (κ3) is 4.13. The number of hydrogen-bond acceptors (Lipinski definition) is 3. The number of rotatable bonds is 2. The highest BCUT2D eigenvalue weighted by Crippen LogP contribution is 2.23. The largest absolute Gasteiger partial charge is 0.370 e. The molecule has 1 aliphatic rings. The minimum absolute atomic E-state index is 0.727. The first-order valence-corrected chi connectivity index (χ1v) is 7.12. The minimum atomic E-state index is 0.727. The minimum Gasteiger partial charge on any atom is -0.370 e. The quantitative estimate of drug-likeness (QED) is 0.433. The van der Waals surface area contributed by atoms with Crippen LogP contribution in [-0.2, 0) is 0 Å². The molecule has 0 aromatic heterocycles. The van der Waals surface area contributed by atoms with Gasteiger partial charge < -0.3 is 10.6 Å². The monoisotopic (exact) mass is 219 g/mol. The predicted octanol–water partition coefficient (Wildman–Crippen LogP) is 1.41. The Morgan fingerprint density at radius 1 is 1.38 bits per heavy atom. The second-order valence-corrected chi connectivity index (χ2v) is 5.57. The summed E-state index contributed by atoms with van der Waals surface area (Å²) in [5.41, 5.74) is 5.86. The topological polar surface area (TPSA) is 41.6 Å². The van der Waals surface area contributed by atoms with Crippen molar-refractivity contribution in [2.45, 2.75) is 13.3 Å². The van der Waals surface area contributed by atoms with Gasteiger partial charge in [0.25, 0.3) is 0 Å². The van der Waals surface area contributed by atoms with Gasteiger partial charge in [-0.25, -0.2) is 0 Å². The normalized spacial score (nSPS) is 20.1. The lowest BCUT2D eigenvalue weighted by molar-refractivity contribution is 0.467. The van der Waals surface area contributed by atoms with Crippen LogP contribution in [0.5, 0.6) is 0 Å². The van der Waals surface area contributed by atoms with E-state index >= 15 is 0 Å². The lowest BCUT2D eigenvalue weighted by Gasteiger charge is -2.20. The maximum absolute atomic E-state index is 5.86. The second-order valence-electron chi connectivity index (χ2n) is 2.87. The van der Waals surface area contributed by atoms with E-state index in [1.165, 1.54) is 0 Å². The Kier molecular flexibility index (Phi) is 5.46. The fraction of sp³-hybridized carbons (Fsp3) is 0.875. The van der Waals surface area contributed by atoms with E-state index in [1.807, 2.05) is 21.6 Å². The molecule has 1 saturated heterocycles. The first kappa shape index (κ1) is 11.0. The van der Waals surface area contributed by atoms with Crippen LogP contribution in [0.25, 0.3) is 0 Å². The number of guanidine groups is 1. The molecule has 0 aromatic carbocycles. The average Bonchev–Trinajstić information content (AvgIpc) is 2.42. The van der Waals surface area contributed by atoms with Crippen molar-refractivity contribution in [2.24, 2.45) is 10.7 Å². The maximum atomic E-state index is 5.86. The Hall–Kier alpha value is -0.0300. The van der Waals surface area contributed by atoms with Gasteiger partial charge in [0, 0.05) is 31.1 Å². The Labute approximate surface area is 87.9 Å². The lowest BCUT2D eigenvalue weighted by atomic mass is 10.5. The summed E-state index contributed by atoms with van der Waals surface area (Å²) in [6.45, 7) is 5.04. The molecular formula is C8H17N3S2. The summed E-state index contributed by atoms with van der Waals surface area (Å²) in [6, 6.07) is 0. The molecule has 1 heterocycles. The van der Waals surface area contributed by atoms with Gasteiger partial charge in [0.1, 0.15) is 0 Å². The van der Waals surface area contributed by atoms with Gasteiger partial charge in [0.2, 0.25) is 0 Å². The molecule has 13 heavy (non-hydrogen) atoms. The molecule has 2 N–H and O–H groups in total. The van der Waals surface area contributed by atoms with E-state index in [4.69, 9.17) is 5.73 Å². The fourth-order valence-corrected chi connectivity index (χ4v) is 3.06. The summed E-state index contributed by atoms with van der Waals surface area (Å²) in [5, 5.41) is 0. The van der Waals surface area contributed by atoms with Gasteiger partial charge in [-0.15, -0.1) is 0 Å².